The molecule has 2 heterocycles. The molecule has 0 aliphatic rings. The van der Waals surface area contributed by atoms with Gasteiger partial charge in [0, 0.05) is 21.5 Å². The van der Waals surface area contributed by atoms with Crippen molar-refractivity contribution in [2.45, 2.75) is 105 Å². The average molecular weight is 752 g/mol. The van der Waals surface area contributed by atoms with Crippen molar-refractivity contribution in [2.75, 3.05) is 0 Å². The van der Waals surface area contributed by atoms with Gasteiger partial charge in [0.1, 0.15) is 17.4 Å². The minimum absolute atomic E-state index is 0.0449. The van der Waals surface area contributed by atoms with Crippen LogP contribution in [0.1, 0.15) is 111 Å². The molecule has 0 bridgehead atoms. The first kappa shape index (κ1) is 38.2. The minimum atomic E-state index is -0.286. The molecule has 0 saturated heterocycles. The molecule has 4 heteroatoms. The first-order chi connectivity index (χ1) is 26.6. The van der Waals surface area contributed by atoms with Gasteiger partial charge < -0.3 is 9.13 Å². The number of hydrogen-bond acceptors (Lipinski definition) is 1. The molecule has 0 radical (unpaired) electrons. The van der Waals surface area contributed by atoms with Gasteiger partial charge in [-0.3, -0.25) is 0 Å². The smallest absolute Gasteiger partial charge is 0.123 e. The monoisotopic (exact) mass is 751 g/mol. The average Bonchev–Trinajstić information content (AvgIpc) is 3.64. The molecule has 0 spiro atoms. The zero-order valence-corrected chi connectivity index (χ0v) is 35.6. The Labute approximate surface area is 337 Å². The van der Waals surface area contributed by atoms with Crippen molar-refractivity contribution < 1.29 is 4.39 Å². The molecule has 0 amide bonds. The number of benzene rings is 6. The number of nitriles is 1. The summed E-state index contributed by atoms with van der Waals surface area (Å²) in [6.07, 6.45) is 0. The van der Waals surface area contributed by atoms with Crippen LogP contribution in [0.4, 0.5) is 4.39 Å². The Morgan fingerprint density at radius 2 is 0.772 bits per heavy atom. The molecular weight excluding hydrogens is 698 g/mol. The molecule has 0 unspecified atom stereocenters. The zero-order valence-electron chi connectivity index (χ0n) is 35.6. The molecule has 57 heavy (non-hydrogen) atoms. The van der Waals surface area contributed by atoms with E-state index in [0.29, 0.717) is 5.56 Å². The lowest BCUT2D eigenvalue weighted by atomic mass is 9.85. The van der Waals surface area contributed by atoms with Crippen molar-refractivity contribution in [1.29, 1.82) is 5.26 Å². The van der Waals surface area contributed by atoms with Crippen LogP contribution < -0.4 is 0 Å². The summed E-state index contributed by atoms with van der Waals surface area (Å²) in [5.74, 6) is -0.286. The molecule has 0 N–H and O–H groups in total. The van der Waals surface area contributed by atoms with Crippen LogP contribution in [-0.4, -0.2) is 9.13 Å². The number of nitrogens with zero attached hydrogens (tertiary/aromatic N) is 3. The third-order valence-electron chi connectivity index (χ3n) is 11.9. The summed E-state index contributed by atoms with van der Waals surface area (Å²) >= 11 is 0. The predicted molar refractivity (Wildman–Crippen MR) is 240 cm³/mol. The van der Waals surface area contributed by atoms with Gasteiger partial charge in [0.05, 0.1) is 33.4 Å². The van der Waals surface area contributed by atoms with Crippen LogP contribution in [0.3, 0.4) is 0 Å². The molecular formula is C53H54FN3. The summed E-state index contributed by atoms with van der Waals surface area (Å²) in [5, 5.41) is 16.1. The van der Waals surface area contributed by atoms with Gasteiger partial charge in [0.2, 0.25) is 0 Å². The third kappa shape index (κ3) is 6.52. The van der Waals surface area contributed by atoms with E-state index in [0.717, 1.165) is 66.1 Å². The molecule has 0 atom stereocenters. The second kappa shape index (κ2) is 12.9. The van der Waals surface area contributed by atoms with Gasteiger partial charge in [-0.25, -0.2) is 4.39 Å². The highest BCUT2D eigenvalue weighted by molar-refractivity contribution is 6.12. The minimum Gasteiger partial charge on any atom is -0.308 e. The van der Waals surface area contributed by atoms with Crippen LogP contribution in [0, 0.1) is 17.1 Å². The lowest BCUT2D eigenvalue weighted by Gasteiger charge is -2.22. The Bertz CT molecular complexity index is 2760. The maximum absolute atomic E-state index is 14.5. The third-order valence-corrected chi connectivity index (χ3v) is 11.9. The Morgan fingerprint density at radius 3 is 1.14 bits per heavy atom. The van der Waals surface area contributed by atoms with E-state index in [1.165, 1.54) is 34.4 Å². The normalized spacial score (nSPS) is 13.0. The Hall–Kier alpha value is -5.66. The van der Waals surface area contributed by atoms with E-state index in [2.05, 4.69) is 183 Å². The molecule has 0 aliphatic heterocycles. The number of rotatable bonds is 3. The molecule has 6 aromatic carbocycles. The van der Waals surface area contributed by atoms with Crippen LogP contribution in [0.25, 0.3) is 66.1 Å². The Morgan fingerprint density at radius 1 is 0.404 bits per heavy atom. The molecule has 2 aromatic heterocycles. The van der Waals surface area contributed by atoms with Crippen LogP contribution in [0.15, 0.2) is 109 Å². The van der Waals surface area contributed by atoms with E-state index in [1.807, 2.05) is 12.1 Å². The lowest BCUT2D eigenvalue weighted by molar-refractivity contribution is 0.590. The number of aromatic nitrogens is 2. The van der Waals surface area contributed by atoms with E-state index in [-0.39, 0.29) is 27.5 Å². The van der Waals surface area contributed by atoms with Crippen LogP contribution in [0.5, 0.6) is 0 Å². The molecule has 0 aliphatic carbocycles. The summed E-state index contributed by atoms with van der Waals surface area (Å²) in [4.78, 5) is 0. The van der Waals surface area contributed by atoms with E-state index < -0.39 is 0 Å². The topological polar surface area (TPSA) is 33.6 Å². The molecule has 288 valence electrons. The van der Waals surface area contributed by atoms with Gasteiger partial charge in [0.25, 0.3) is 0 Å². The Kier molecular flexibility index (Phi) is 8.67. The van der Waals surface area contributed by atoms with E-state index in [1.54, 1.807) is 0 Å². The Balaban J connectivity index is 1.57. The molecule has 0 fully saturated rings. The van der Waals surface area contributed by atoms with Gasteiger partial charge >= 0.3 is 0 Å². The maximum Gasteiger partial charge on any atom is 0.123 e. The highest BCUT2D eigenvalue weighted by Gasteiger charge is 2.27. The summed E-state index contributed by atoms with van der Waals surface area (Å²) in [6.45, 7) is 26.9. The van der Waals surface area contributed by atoms with Crippen molar-refractivity contribution in [3.05, 3.63) is 143 Å². The van der Waals surface area contributed by atoms with Gasteiger partial charge in [-0.15, -0.1) is 0 Å². The lowest BCUT2D eigenvalue weighted by Crippen LogP contribution is -2.11. The number of fused-ring (bicyclic) bond motifs is 6. The fourth-order valence-electron chi connectivity index (χ4n) is 8.32. The van der Waals surface area contributed by atoms with Gasteiger partial charge in [-0.1, -0.05) is 132 Å². The summed E-state index contributed by atoms with van der Waals surface area (Å²) in [6, 6.07) is 40.9. The summed E-state index contributed by atoms with van der Waals surface area (Å²) < 4.78 is 19.1. The SMILES string of the molecule is CC(C)(C)c1ccc2c(c1)c1ccc(C(C)(C)C)cc1n2-c1cc(-c2ccc(F)cc2)cc(-n2c3ccc(C(C)(C)C)cc3c3ccc(C(C)(C)C)cc32)c1C#N. The molecule has 8 aromatic rings. The van der Waals surface area contributed by atoms with Crippen molar-refractivity contribution in [1.82, 2.24) is 9.13 Å². The highest BCUT2D eigenvalue weighted by atomic mass is 19.1. The number of hydrogen-bond donors (Lipinski definition) is 0. The first-order valence-corrected chi connectivity index (χ1v) is 20.2. The fourth-order valence-corrected chi connectivity index (χ4v) is 8.32. The highest BCUT2D eigenvalue weighted by Crippen LogP contribution is 2.43. The van der Waals surface area contributed by atoms with E-state index in [9.17, 15) is 9.65 Å². The van der Waals surface area contributed by atoms with Gasteiger partial charge in [-0.05, 0) is 116 Å². The quantitative estimate of drug-likeness (QED) is 0.177. The van der Waals surface area contributed by atoms with E-state index >= 15 is 0 Å². The van der Waals surface area contributed by atoms with Crippen LogP contribution in [0.2, 0.25) is 0 Å². The molecule has 0 saturated carbocycles. The predicted octanol–water partition coefficient (Wildman–Crippen LogP) is 14.7. The number of halogens is 1. The van der Waals surface area contributed by atoms with Crippen molar-refractivity contribution in [3.63, 3.8) is 0 Å². The zero-order chi connectivity index (χ0) is 41.0. The van der Waals surface area contributed by atoms with Crippen LogP contribution in [-0.2, 0) is 21.7 Å². The largest absolute Gasteiger partial charge is 0.308 e. The molecule has 3 nitrogen and oxygen atoms in total. The van der Waals surface area contributed by atoms with Crippen molar-refractivity contribution >= 4 is 43.6 Å². The summed E-state index contributed by atoms with van der Waals surface area (Å²) in [5.41, 5.74) is 12.8. The first-order valence-electron chi connectivity index (χ1n) is 20.2. The van der Waals surface area contributed by atoms with Gasteiger partial charge in [0.15, 0.2) is 0 Å². The van der Waals surface area contributed by atoms with E-state index in [4.69, 9.17) is 0 Å². The van der Waals surface area contributed by atoms with Gasteiger partial charge in [-0.2, -0.15) is 5.26 Å². The van der Waals surface area contributed by atoms with Crippen LogP contribution >= 0.6 is 0 Å². The molecule has 8 rings (SSSR count). The standard InChI is InChI=1S/C53H54FN3/c1-50(2,3)34-17-23-44-41(27-34)39-21-15-36(52(7,8)9)29-48(39)56(44)46-25-33(32-13-19-38(54)20-14-32)26-47(43(46)31-55)57-45-24-18-35(51(4,5)6)28-42(45)40-22-16-37(30-49(40)57)53(10,11)12/h13-30H,1-12H3. The fraction of sp³-hybridized carbons (Fsp3) is 0.302. The second-order valence-electron chi connectivity index (χ2n) is 20.1. The van der Waals surface area contributed by atoms with Crippen molar-refractivity contribution in [3.8, 4) is 28.6 Å². The second-order valence-corrected chi connectivity index (χ2v) is 20.1. The summed E-state index contributed by atoms with van der Waals surface area (Å²) in [7, 11) is 0. The maximum atomic E-state index is 14.5. The van der Waals surface area contributed by atoms with Crippen molar-refractivity contribution in [2.24, 2.45) is 0 Å².